The summed E-state index contributed by atoms with van der Waals surface area (Å²) in [5.74, 6) is 0. The van der Waals surface area contributed by atoms with Crippen molar-refractivity contribution in [3.8, 4) is 0 Å². The Morgan fingerprint density at radius 2 is 1.62 bits per heavy atom. The molecule has 0 N–H and O–H groups in total. The monoisotopic (exact) mass is 403 g/mol. The van der Waals surface area contributed by atoms with Gasteiger partial charge in [0.2, 0.25) is 0 Å². The Kier molecular flexibility index (Phi) is 42.9. The molecular formula is C9H19Br2SiZr-3. The number of hydrogen-bond donors (Lipinski definition) is 0. The molecule has 13 heavy (non-hydrogen) atoms. The van der Waals surface area contributed by atoms with Crippen molar-refractivity contribution in [2.45, 2.75) is 13.8 Å². The summed E-state index contributed by atoms with van der Waals surface area (Å²) in [5.41, 5.74) is 2.78. The van der Waals surface area contributed by atoms with Crippen LogP contribution in [0.2, 0.25) is 0 Å². The van der Waals surface area contributed by atoms with Crippen LogP contribution in [0, 0.1) is 28.7 Å². The van der Waals surface area contributed by atoms with Gasteiger partial charge >= 0.3 is 30.2 Å². The molecule has 0 aliphatic rings. The first kappa shape index (κ1) is 29.3. The van der Waals surface area contributed by atoms with Gasteiger partial charge in [0.25, 0.3) is 0 Å². The summed E-state index contributed by atoms with van der Waals surface area (Å²) in [4.78, 5) is 0. The van der Waals surface area contributed by atoms with E-state index in [2.05, 4.69) is 32.0 Å². The van der Waals surface area contributed by atoms with Crippen LogP contribution in [0.1, 0.15) is 11.1 Å². The second kappa shape index (κ2) is 19.1. The summed E-state index contributed by atoms with van der Waals surface area (Å²) in [6.45, 7) is 6.19. The standard InChI is InChI=1S/C7H9.2CH3.2BrH.H2Si.Zr/c1-6-4-3-5-7(6)2;;;;;;/h3-5H,1-2H3;2*1H3;2*1H;1H2;/q3*-1;;;;. The normalized spacial score (nSPS) is 5.31. The van der Waals surface area contributed by atoms with Gasteiger partial charge in [-0.1, -0.05) is 13.8 Å². The van der Waals surface area contributed by atoms with E-state index in [9.17, 15) is 0 Å². The van der Waals surface area contributed by atoms with E-state index >= 15 is 0 Å². The molecule has 0 amide bonds. The Bertz CT molecular complexity index is 161. The number of aryl methyl sites for hydroxylation is 2. The van der Waals surface area contributed by atoms with Crippen molar-refractivity contribution in [2.75, 3.05) is 0 Å². The summed E-state index contributed by atoms with van der Waals surface area (Å²) in [6, 6.07) is 6.31. The fourth-order valence-electron chi connectivity index (χ4n) is 0.600. The topological polar surface area (TPSA) is 0 Å². The summed E-state index contributed by atoms with van der Waals surface area (Å²) in [7, 11) is 0. The molecule has 1 aromatic carbocycles. The van der Waals surface area contributed by atoms with Gasteiger partial charge in [0.1, 0.15) is 0 Å². The van der Waals surface area contributed by atoms with E-state index in [0.29, 0.717) is 0 Å². The first-order valence-electron chi connectivity index (χ1n) is 2.85. The SMILES string of the molecule is Br.Br.Cc1ccc[c-]1C.[CH3-].[CH3-].[SiH2]=[Zr]. The molecule has 1 aromatic rings. The molecule has 0 atom stereocenters. The predicted octanol–water partition coefficient (Wildman–Crippen LogP) is 3.16. The fraction of sp³-hybridized carbons (Fsp3) is 0.222. The van der Waals surface area contributed by atoms with Crippen LogP contribution >= 0.6 is 34.0 Å². The molecular weight excluding hydrogens is 387 g/mol. The minimum absolute atomic E-state index is 0. The van der Waals surface area contributed by atoms with E-state index in [1.807, 2.05) is 6.88 Å². The third-order valence-electron chi connectivity index (χ3n) is 1.31. The maximum atomic E-state index is 2.12. The molecule has 0 heterocycles. The second-order valence-corrected chi connectivity index (χ2v) is 1.89. The average Bonchev–Trinajstić information content (AvgIpc) is 2.23. The van der Waals surface area contributed by atoms with Crippen molar-refractivity contribution in [2.24, 2.45) is 0 Å². The van der Waals surface area contributed by atoms with Gasteiger partial charge in [-0.15, -0.1) is 34.0 Å². The Hall–Kier alpha value is 1.41. The van der Waals surface area contributed by atoms with Crippen molar-refractivity contribution in [3.05, 3.63) is 44.2 Å². The van der Waals surface area contributed by atoms with Crippen LogP contribution in [-0.2, 0) is 23.3 Å². The van der Waals surface area contributed by atoms with Gasteiger partial charge in [-0.25, -0.2) is 12.1 Å². The molecule has 0 unspecified atom stereocenters. The molecule has 0 fully saturated rings. The van der Waals surface area contributed by atoms with Crippen LogP contribution in [0.3, 0.4) is 0 Å². The van der Waals surface area contributed by atoms with Gasteiger partial charge in [-0.3, -0.25) is 0 Å². The van der Waals surface area contributed by atoms with E-state index in [4.69, 9.17) is 0 Å². The molecule has 0 aromatic heterocycles. The van der Waals surface area contributed by atoms with Crippen molar-refractivity contribution < 1.29 is 23.3 Å². The van der Waals surface area contributed by atoms with Gasteiger partial charge < -0.3 is 14.9 Å². The van der Waals surface area contributed by atoms with E-state index < -0.39 is 0 Å². The quantitative estimate of drug-likeness (QED) is 0.459. The summed E-state index contributed by atoms with van der Waals surface area (Å²) < 4.78 is 0. The van der Waals surface area contributed by atoms with Crippen molar-refractivity contribution in [1.82, 2.24) is 0 Å². The van der Waals surface area contributed by atoms with Crippen LogP contribution in [0.5, 0.6) is 0 Å². The second-order valence-electron chi connectivity index (χ2n) is 1.89. The molecule has 0 saturated heterocycles. The molecule has 0 radical (unpaired) electrons. The van der Waals surface area contributed by atoms with E-state index in [0.717, 1.165) is 0 Å². The van der Waals surface area contributed by atoms with Gasteiger partial charge in [0, 0.05) is 0 Å². The van der Waals surface area contributed by atoms with Gasteiger partial charge in [-0.2, -0.15) is 17.2 Å². The summed E-state index contributed by atoms with van der Waals surface area (Å²) >= 11 is 1.58. The van der Waals surface area contributed by atoms with Crippen LogP contribution < -0.4 is 0 Å². The molecule has 0 spiro atoms. The molecule has 0 aliphatic heterocycles. The molecule has 1 rings (SSSR count). The van der Waals surface area contributed by atoms with Crippen LogP contribution in [0.25, 0.3) is 0 Å². The zero-order valence-electron chi connectivity index (χ0n) is 8.76. The first-order chi connectivity index (χ1) is 4.30. The third-order valence-corrected chi connectivity index (χ3v) is 1.31. The fourth-order valence-corrected chi connectivity index (χ4v) is 0.600. The van der Waals surface area contributed by atoms with Gasteiger partial charge in [-0.05, 0) is 0 Å². The molecule has 0 aliphatic carbocycles. The Balaban J connectivity index is -0.0000000335. The van der Waals surface area contributed by atoms with E-state index in [-0.39, 0.29) is 48.8 Å². The molecule has 0 bridgehead atoms. The summed E-state index contributed by atoms with van der Waals surface area (Å²) in [6.07, 6.45) is 0. The van der Waals surface area contributed by atoms with Crippen molar-refractivity contribution >= 4 is 40.8 Å². The number of rotatable bonds is 0. The minimum atomic E-state index is 0. The first-order valence-corrected chi connectivity index (χ1v) is 8.77. The van der Waals surface area contributed by atoms with Crippen LogP contribution in [0.15, 0.2) is 18.2 Å². The van der Waals surface area contributed by atoms with Gasteiger partial charge in [0.05, 0.1) is 0 Å². The molecule has 0 nitrogen and oxygen atoms in total. The molecule has 4 heteroatoms. The third kappa shape index (κ3) is 13.4. The maximum absolute atomic E-state index is 2.12. The number of halogens is 2. The van der Waals surface area contributed by atoms with E-state index in [1.165, 1.54) is 11.1 Å². The van der Waals surface area contributed by atoms with E-state index in [1.54, 1.807) is 23.3 Å². The predicted molar refractivity (Wildman–Crippen MR) is 73.5 cm³/mol. The Morgan fingerprint density at radius 1 is 1.23 bits per heavy atom. The van der Waals surface area contributed by atoms with Crippen LogP contribution in [-0.4, -0.2) is 6.88 Å². The van der Waals surface area contributed by atoms with Crippen molar-refractivity contribution in [1.29, 1.82) is 0 Å². The van der Waals surface area contributed by atoms with Crippen molar-refractivity contribution in [3.63, 3.8) is 0 Å². The average molecular weight is 406 g/mol. The summed E-state index contributed by atoms with van der Waals surface area (Å²) in [5, 5.41) is 0. The Labute approximate surface area is 121 Å². The van der Waals surface area contributed by atoms with Crippen LogP contribution in [0.4, 0.5) is 0 Å². The molecule has 80 valence electrons. The zero-order chi connectivity index (χ0) is 7.28. The van der Waals surface area contributed by atoms with Gasteiger partial charge in [0.15, 0.2) is 0 Å². The molecule has 0 saturated carbocycles. The number of hydrogen-bond acceptors (Lipinski definition) is 0. The Morgan fingerprint density at radius 3 is 1.69 bits per heavy atom. The zero-order valence-corrected chi connectivity index (χ0v) is 16.1.